The smallest absolute Gasteiger partial charge is 0.253 e. The van der Waals surface area contributed by atoms with Crippen molar-refractivity contribution in [2.24, 2.45) is 0 Å². The van der Waals surface area contributed by atoms with Crippen molar-refractivity contribution >= 4 is 42.4 Å². The minimum Gasteiger partial charge on any atom is -0.253 e. The molecule has 16 heavy (non-hydrogen) atoms. The summed E-state index contributed by atoms with van der Waals surface area (Å²) < 4.78 is 26.8. The second-order valence-electron chi connectivity index (χ2n) is 2.81. The standard InChI is InChI=1S/C8H6BrN3O2S2/c9-6-2-1-3-7(4-6)16(13,14)12-8-11-10-5-15-8/h1-5H,(H,11,12). The molecule has 0 bridgehead atoms. The van der Waals surface area contributed by atoms with E-state index < -0.39 is 10.0 Å². The van der Waals surface area contributed by atoms with Gasteiger partial charge in [-0.3, -0.25) is 4.72 Å². The van der Waals surface area contributed by atoms with Gasteiger partial charge < -0.3 is 0 Å². The number of aromatic nitrogens is 2. The molecule has 1 heterocycles. The second kappa shape index (κ2) is 4.48. The van der Waals surface area contributed by atoms with Gasteiger partial charge in [0.1, 0.15) is 5.51 Å². The first-order chi connectivity index (χ1) is 7.58. The highest BCUT2D eigenvalue weighted by Crippen LogP contribution is 2.19. The van der Waals surface area contributed by atoms with Gasteiger partial charge in [-0.05, 0) is 18.2 Å². The first kappa shape index (κ1) is 11.5. The number of nitrogens with zero attached hydrogens (tertiary/aromatic N) is 2. The van der Waals surface area contributed by atoms with Crippen LogP contribution in [-0.2, 0) is 10.0 Å². The molecular weight excluding hydrogens is 314 g/mol. The number of anilines is 1. The van der Waals surface area contributed by atoms with Crippen LogP contribution in [0, 0.1) is 0 Å². The van der Waals surface area contributed by atoms with Crippen LogP contribution >= 0.6 is 27.3 Å². The van der Waals surface area contributed by atoms with E-state index in [4.69, 9.17) is 0 Å². The molecule has 0 atom stereocenters. The van der Waals surface area contributed by atoms with Crippen molar-refractivity contribution in [3.05, 3.63) is 34.2 Å². The van der Waals surface area contributed by atoms with E-state index in [1.807, 2.05) is 0 Å². The van der Waals surface area contributed by atoms with Gasteiger partial charge in [0.25, 0.3) is 10.0 Å². The van der Waals surface area contributed by atoms with Crippen LogP contribution in [0.25, 0.3) is 0 Å². The van der Waals surface area contributed by atoms with Crippen LogP contribution in [0.2, 0.25) is 0 Å². The van der Waals surface area contributed by atoms with Gasteiger partial charge in [0, 0.05) is 4.47 Å². The summed E-state index contributed by atoms with van der Waals surface area (Å²) in [5.41, 5.74) is 1.46. The molecule has 2 aromatic rings. The molecule has 0 aliphatic heterocycles. The number of nitrogens with one attached hydrogen (secondary N) is 1. The molecule has 0 unspecified atom stereocenters. The van der Waals surface area contributed by atoms with Gasteiger partial charge in [-0.15, -0.1) is 10.2 Å². The van der Waals surface area contributed by atoms with Crippen LogP contribution in [0.1, 0.15) is 0 Å². The van der Waals surface area contributed by atoms with E-state index in [0.717, 1.165) is 11.3 Å². The number of benzene rings is 1. The highest BCUT2D eigenvalue weighted by Gasteiger charge is 2.15. The van der Waals surface area contributed by atoms with E-state index in [2.05, 4.69) is 30.8 Å². The molecule has 0 aliphatic rings. The predicted octanol–water partition coefficient (Wildman–Crippen LogP) is 2.10. The summed E-state index contributed by atoms with van der Waals surface area (Å²) in [7, 11) is -3.58. The largest absolute Gasteiger partial charge is 0.263 e. The Morgan fingerprint density at radius 2 is 2.19 bits per heavy atom. The second-order valence-corrected chi connectivity index (χ2v) is 6.24. The summed E-state index contributed by atoms with van der Waals surface area (Å²) in [6.45, 7) is 0. The molecule has 1 aromatic heterocycles. The lowest BCUT2D eigenvalue weighted by atomic mass is 10.4. The molecule has 5 nitrogen and oxygen atoms in total. The molecule has 0 saturated heterocycles. The first-order valence-electron chi connectivity index (χ1n) is 4.12. The van der Waals surface area contributed by atoms with Gasteiger partial charge in [-0.1, -0.05) is 33.3 Å². The van der Waals surface area contributed by atoms with Crippen molar-refractivity contribution in [1.82, 2.24) is 10.2 Å². The molecule has 2 rings (SSSR count). The number of hydrogen-bond donors (Lipinski definition) is 1. The quantitative estimate of drug-likeness (QED) is 0.940. The lowest BCUT2D eigenvalue weighted by molar-refractivity contribution is 0.601. The maximum atomic E-state index is 11.9. The van der Waals surface area contributed by atoms with Crippen molar-refractivity contribution in [1.29, 1.82) is 0 Å². The van der Waals surface area contributed by atoms with Crippen molar-refractivity contribution in [2.75, 3.05) is 4.72 Å². The highest BCUT2D eigenvalue weighted by molar-refractivity contribution is 9.10. The Kier molecular flexibility index (Phi) is 3.22. The third-order valence-electron chi connectivity index (χ3n) is 1.69. The van der Waals surface area contributed by atoms with E-state index in [-0.39, 0.29) is 10.0 Å². The zero-order valence-electron chi connectivity index (χ0n) is 7.79. The van der Waals surface area contributed by atoms with Gasteiger partial charge in [-0.25, -0.2) is 8.42 Å². The summed E-state index contributed by atoms with van der Waals surface area (Å²) in [5.74, 6) is 0. The van der Waals surface area contributed by atoms with E-state index >= 15 is 0 Å². The Bertz CT molecular complexity index is 583. The number of hydrogen-bond acceptors (Lipinski definition) is 5. The van der Waals surface area contributed by atoms with Crippen LogP contribution in [0.5, 0.6) is 0 Å². The van der Waals surface area contributed by atoms with Crippen LogP contribution < -0.4 is 4.72 Å². The van der Waals surface area contributed by atoms with Crippen molar-refractivity contribution in [3.63, 3.8) is 0 Å². The Balaban J connectivity index is 2.33. The van der Waals surface area contributed by atoms with Gasteiger partial charge in [0.15, 0.2) is 0 Å². The van der Waals surface area contributed by atoms with E-state index in [0.29, 0.717) is 4.47 Å². The van der Waals surface area contributed by atoms with Gasteiger partial charge in [0.2, 0.25) is 5.13 Å². The summed E-state index contributed by atoms with van der Waals surface area (Å²) in [6.07, 6.45) is 0. The maximum Gasteiger partial charge on any atom is 0.263 e. The Morgan fingerprint density at radius 1 is 1.38 bits per heavy atom. The van der Waals surface area contributed by atoms with Crippen LogP contribution in [-0.4, -0.2) is 18.6 Å². The summed E-state index contributed by atoms with van der Waals surface area (Å²) >= 11 is 4.34. The minimum atomic E-state index is -3.58. The number of sulfonamides is 1. The molecule has 0 saturated carbocycles. The fourth-order valence-corrected chi connectivity index (χ4v) is 3.31. The summed E-state index contributed by atoms with van der Waals surface area (Å²) in [5, 5.41) is 7.42. The number of rotatable bonds is 3. The van der Waals surface area contributed by atoms with E-state index in [9.17, 15) is 8.42 Å². The van der Waals surface area contributed by atoms with Crippen molar-refractivity contribution in [2.45, 2.75) is 4.90 Å². The van der Waals surface area contributed by atoms with E-state index in [1.165, 1.54) is 17.6 Å². The first-order valence-corrected chi connectivity index (χ1v) is 7.28. The Morgan fingerprint density at radius 3 is 2.81 bits per heavy atom. The molecular formula is C8H6BrN3O2S2. The Labute approximate surface area is 105 Å². The zero-order chi connectivity index (χ0) is 11.6. The lowest BCUT2D eigenvalue weighted by Gasteiger charge is -2.04. The molecule has 0 spiro atoms. The molecule has 8 heteroatoms. The van der Waals surface area contributed by atoms with E-state index in [1.54, 1.807) is 12.1 Å². The topological polar surface area (TPSA) is 72.0 Å². The van der Waals surface area contributed by atoms with Crippen molar-refractivity contribution < 1.29 is 8.42 Å². The minimum absolute atomic E-state index is 0.178. The zero-order valence-corrected chi connectivity index (χ0v) is 11.0. The molecule has 0 radical (unpaired) electrons. The summed E-state index contributed by atoms with van der Waals surface area (Å²) in [6, 6.07) is 6.43. The summed E-state index contributed by atoms with van der Waals surface area (Å²) in [4.78, 5) is 0.178. The van der Waals surface area contributed by atoms with Gasteiger partial charge in [-0.2, -0.15) is 0 Å². The Hall–Kier alpha value is -0.990. The molecule has 1 aromatic carbocycles. The highest BCUT2D eigenvalue weighted by atomic mass is 79.9. The average Bonchev–Trinajstić information content (AvgIpc) is 2.70. The van der Waals surface area contributed by atoms with Crippen LogP contribution in [0.4, 0.5) is 5.13 Å². The predicted molar refractivity (Wildman–Crippen MR) is 64.9 cm³/mol. The monoisotopic (exact) mass is 319 g/mol. The normalized spacial score (nSPS) is 11.3. The third kappa shape index (κ3) is 2.57. The van der Waals surface area contributed by atoms with Crippen LogP contribution in [0.15, 0.2) is 39.1 Å². The third-order valence-corrected chi connectivity index (χ3v) is 4.25. The molecule has 0 aliphatic carbocycles. The lowest BCUT2D eigenvalue weighted by Crippen LogP contribution is -2.12. The van der Waals surface area contributed by atoms with Gasteiger partial charge >= 0.3 is 0 Å². The fourth-order valence-electron chi connectivity index (χ4n) is 1.03. The number of halogens is 1. The molecule has 0 fully saturated rings. The molecule has 0 amide bonds. The van der Waals surface area contributed by atoms with Crippen molar-refractivity contribution in [3.8, 4) is 0 Å². The SMILES string of the molecule is O=S(=O)(Nc1nncs1)c1cccc(Br)c1. The fraction of sp³-hybridized carbons (Fsp3) is 0. The van der Waals surface area contributed by atoms with Crippen LogP contribution in [0.3, 0.4) is 0 Å². The average molecular weight is 320 g/mol. The maximum absolute atomic E-state index is 11.9. The molecule has 1 N–H and O–H groups in total. The van der Waals surface area contributed by atoms with Gasteiger partial charge in [0.05, 0.1) is 4.90 Å². The molecule has 84 valence electrons.